The smallest absolute Gasteiger partial charge is 0.308 e. The third-order valence-electron chi connectivity index (χ3n) is 6.39. The summed E-state index contributed by atoms with van der Waals surface area (Å²) in [7, 11) is 9.46. The highest BCUT2D eigenvalue weighted by atomic mass is 16.6. The van der Waals surface area contributed by atoms with E-state index < -0.39 is 5.60 Å². The van der Waals surface area contributed by atoms with Gasteiger partial charge in [0.2, 0.25) is 11.5 Å². The Labute approximate surface area is 214 Å². The number of benzene rings is 2. The lowest BCUT2D eigenvalue weighted by atomic mass is 9.80. The van der Waals surface area contributed by atoms with E-state index >= 15 is 0 Å². The van der Waals surface area contributed by atoms with Gasteiger partial charge in [0.25, 0.3) is 0 Å². The van der Waals surface area contributed by atoms with Gasteiger partial charge in [-0.15, -0.1) is 0 Å². The summed E-state index contributed by atoms with van der Waals surface area (Å²) in [6, 6.07) is 7.61. The minimum atomic E-state index is -0.841. The predicted molar refractivity (Wildman–Crippen MR) is 138 cm³/mol. The fourth-order valence-electron chi connectivity index (χ4n) is 4.12. The van der Waals surface area contributed by atoms with Gasteiger partial charge >= 0.3 is 5.97 Å². The molecule has 0 heterocycles. The first-order chi connectivity index (χ1) is 17.1. The molecule has 0 saturated carbocycles. The first kappa shape index (κ1) is 28.9. The van der Waals surface area contributed by atoms with E-state index in [1.165, 1.54) is 0 Å². The van der Waals surface area contributed by atoms with Crippen LogP contribution in [0.5, 0.6) is 34.5 Å². The molecule has 0 spiro atoms. The molecule has 8 nitrogen and oxygen atoms in total. The van der Waals surface area contributed by atoms with Crippen molar-refractivity contribution in [1.29, 1.82) is 0 Å². The SMILES string of the molecule is COc1cc(C[C@H](C)[C@](C)(Cc2cc(OC)c(OC)c(OC)c2)OC(=O)C(C)C)cc(OC)c1OC. The van der Waals surface area contributed by atoms with Crippen molar-refractivity contribution < 1.29 is 38.0 Å². The van der Waals surface area contributed by atoms with Crippen molar-refractivity contribution in [2.75, 3.05) is 42.7 Å². The van der Waals surface area contributed by atoms with E-state index in [4.69, 9.17) is 33.2 Å². The summed E-state index contributed by atoms with van der Waals surface area (Å²) < 4.78 is 39.2. The van der Waals surface area contributed by atoms with E-state index in [9.17, 15) is 4.79 Å². The minimum absolute atomic E-state index is 0.0814. The lowest BCUT2D eigenvalue weighted by Crippen LogP contribution is -2.42. The van der Waals surface area contributed by atoms with Gasteiger partial charge in [-0.3, -0.25) is 4.79 Å². The zero-order valence-electron chi connectivity index (χ0n) is 23.1. The molecule has 0 aromatic heterocycles. The van der Waals surface area contributed by atoms with Crippen LogP contribution in [-0.2, 0) is 22.4 Å². The summed E-state index contributed by atoms with van der Waals surface area (Å²) in [5.74, 6) is 2.66. The standard InChI is InChI=1S/C28H40O8/c1-17(2)27(29)36-28(4,16-20-14-23(32-7)26(35-10)24(15-20)33-8)18(3)11-19-12-21(30-5)25(34-9)22(13-19)31-6/h12-15,17-18H,11,16H2,1-10H3/t18-,28-/m0/s1. The molecule has 0 radical (unpaired) electrons. The first-order valence-corrected chi connectivity index (χ1v) is 11.9. The van der Waals surface area contributed by atoms with Crippen molar-refractivity contribution in [3.05, 3.63) is 35.4 Å². The molecular weight excluding hydrogens is 464 g/mol. The number of carbonyl (C=O) groups is 1. The molecule has 8 heteroatoms. The van der Waals surface area contributed by atoms with Crippen LogP contribution in [0.2, 0.25) is 0 Å². The lowest BCUT2D eigenvalue weighted by Gasteiger charge is -2.36. The fourth-order valence-corrected chi connectivity index (χ4v) is 4.12. The molecule has 0 amide bonds. The molecule has 0 aliphatic rings. The van der Waals surface area contributed by atoms with Gasteiger partial charge in [-0.1, -0.05) is 20.8 Å². The number of hydrogen-bond acceptors (Lipinski definition) is 8. The van der Waals surface area contributed by atoms with Crippen LogP contribution in [0.3, 0.4) is 0 Å². The molecule has 200 valence electrons. The second kappa shape index (κ2) is 12.6. The molecule has 0 aliphatic heterocycles. The number of carbonyl (C=O) groups excluding carboxylic acids is 1. The summed E-state index contributed by atoms with van der Waals surface area (Å²) in [6.07, 6.45) is 1.04. The van der Waals surface area contributed by atoms with Gasteiger partial charge in [-0.05, 0) is 48.7 Å². The summed E-state index contributed by atoms with van der Waals surface area (Å²) >= 11 is 0. The maximum absolute atomic E-state index is 12.8. The van der Waals surface area contributed by atoms with Gasteiger partial charge in [0.1, 0.15) is 5.60 Å². The lowest BCUT2D eigenvalue weighted by molar-refractivity contribution is -0.167. The highest BCUT2D eigenvalue weighted by Crippen LogP contribution is 2.42. The second-order valence-corrected chi connectivity index (χ2v) is 9.24. The maximum atomic E-state index is 12.8. The molecule has 2 atom stereocenters. The van der Waals surface area contributed by atoms with Crippen LogP contribution in [0.4, 0.5) is 0 Å². The number of ether oxygens (including phenoxy) is 7. The zero-order chi connectivity index (χ0) is 27.0. The van der Waals surface area contributed by atoms with Crippen LogP contribution in [0.1, 0.15) is 38.8 Å². The van der Waals surface area contributed by atoms with Gasteiger partial charge < -0.3 is 33.2 Å². The molecule has 36 heavy (non-hydrogen) atoms. The average Bonchev–Trinajstić information content (AvgIpc) is 2.86. The van der Waals surface area contributed by atoms with Crippen LogP contribution < -0.4 is 28.4 Å². The Kier molecular flexibility index (Phi) is 10.1. The van der Waals surface area contributed by atoms with E-state index in [0.29, 0.717) is 47.3 Å². The van der Waals surface area contributed by atoms with Gasteiger partial charge in [-0.25, -0.2) is 0 Å². The van der Waals surface area contributed by atoms with E-state index in [1.807, 2.05) is 45.0 Å². The zero-order valence-corrected chi connectivity index (χ0v) is 23.1. The monoisotopic (exact) mass is 504 g/mol. The average molecular weight is 505 g/mol. The molecule has 2 rings (SSSR count). The molecule has 0 aliphatic carbocycles. The Bertz CT molecular complexity index is 982. The maximum Gasteiger partial charge on any atom is 0.308 e. The first-order valence-electron chi connectivity index (χ1n) is 11.9. The Morgan fingerprint density at radius 3 is 1.42 bits per heavy atom. The van der Waals surface area contributed by atoms with Crippen molar-refractivity contribution in [2.45, 2.75) is 46.1 Å². The summed E-state index contributed by atoms with van der Waals surface area (Å²) in [6.45, 7) is 7.67. The van der Waals surface area contributed by atoms with Crippen LogP contribution >= 0.6 is 0 Å². The number of methoxy groups -OCH3 is 6. The second-order valence-electron chi connectivity index (χ2n) is 9.24. The van der Waals surface area contributed by atoms with Crippen molar-refractivity contribution in [2.24, 2.45) is 11.8 Å². The predicted octanol–water partition coefficient (Wildman–Crippen LogP) is 5.12. The molecule has 2 aromatic carbocycles. The van der Waals surface area contributed by atoms with Gasteiger partial charge in [-0.2, -0.15) is 0 Å². The van der Waals surface area contributed by atoms with Crippen molar-refractivity contribution in [1.82, 2.24) is 0 Å². The van der Waals surface area contributed by atoms with Crippen LogP contribution in [0.15, 0.2) is 24.3 Å². The third kappa shape index (κ3) is 6.47. The quantitative estimate of drug-likeness (QED) is 0.348. The topological polar surface area (TPSA) is 81.7 Å². The Balaban J connectivity index is 2.50. The number of esters is 1. The Morgan fingerprint density at radius 1 is 0.694 bits per heavy atom. The molecule has 0 saturated heterocycles. The van der Waals surface area contributed by atoms with Crippen LogP contribution in [0, 0.1) is 11.8 Å². The molecule has 2 aromatic rings. The van der Waals surface area contributed by atoms with Gasteiger partial charge in [0.05, 0.1) is 48.6 Å². The van der Waals surface area contributed by atoms with Gasteiger partial charge in [0, 0.05) is 12.3 Å². The normalized spacial score (nSPS) is 13.4. The molecule has 0 fully saturated rings. The summed E-state index contributed by atoms with van der Waals surface area (Å²) in [5, 5.41) is 0. The number of hydrogen-bond donors (Lipinski definition) is 0. The molecular formula is C28H40O8. The summed E-state index contributed by atoms with van der Waals surface area (Å²) in [4.78, 5) is 12.8. The van der Waals surface area contributed by atoms with Crippen molar-refractivity contribution >= 4 is 5.97 Å². The van der Waals surface area contributed by atoms with Crippen molar-refractivity contribution in [3.8, 4) is 34.5 Å². The van der Waals surface area contributed by atoms with E-state index in [2.05, 4.69) is 6.92 Å². The Morgan fingerprint density at radius 2 is 1.08 bits per heavy atom. The van der Waals surface area contributed by atoms with Gasteiger partial charge in [0.15, 0.2) is 23.0 Å². The summed E-state index contributed by atoms with van der Waals surface area (Å²) in [5.41, 5.74) is 1.01. The van der Waals surface area contributed by atoms with Crippen molar-refractivity contribution in [3.63, 3.8) is 0 Å². The van der Waals surface area contributed by atoms with E-state index in [1.54, 1.807) is 42.7 Å². The highest BCUT2D eigenvalue weighted by molar-refractivity contribution is 5.72. The third-order valence-corrected chi connectivity index (χ3v) is 6.39. The van der Waals surface area contributed by atoms with Crippen LogP contribution in [-0.4, -0.2) is 54.2 Å². The molecule has 0 unspecified atom stereocenters. The largest absolute Gasteiger partial charge is 0.493 e. The van der Waals surface area contributed by atoms with Crippen LogP contribution in [0.25, 0.3) is 0 Å². The fraction of sp³-hybridized carbons (Fsp3) is 0.536. The molecule has 0 N–H and O–H groups in total. The van der Waals surface area contributed by atoms with E-state index in [0.717, 1.165) is 11.1 Å². The minimum Gasteiger partial charge on any atom is -0.493 e. The number of rotatable bonds is 13. The molecule has 0 bridgehead atoms. The van der Waals surface area contributed by atoms with E-state index in [-0.39, 0.29) is 17.8 Å². The Hall–Kier alpha value is -3.29. The highest BCUT2D eigenvalue weighted by Gasteiger charge is 2.37.